The van der Waals surface area contributed by atoms with Crippen LogP contribution in [0.1, 0.15) is 33.8 Å². The van der Waals surface area contributed by atoms with Crippen LogP contribution in [0.3, 0.4) is 0 Å². The van der Waals surface area contributed by atoms with Gasteiger partial charge in [-0.05, 0) is 29.3 Å². The Morgan fingerprint density at radius 3 is 2.61 bits per heavy atom. The SMILES string of the molecule is COc1ccc2c(c1)[C@H](c1ccccc1)CC2=O. The fraction of sp³-hybridized carbons (Fsp3) is 0.188. The lowest BCUT2D eigenvalue weighted by Gasteiger charge is -2.11. The number of Topliss-reactive ketones (excluding diaryl/α,β-unsaturated/α-hetero) is 1. The number of hydrogen-bond donors (Lipinski definition) is 0. The lowest BCUT2D eigenvalue weighted by atomic mass is 9.93. The van der Waals surface area contributed by atoms with Crippen molar-refractivity contribution in [2.75, 3.05) is 7.11 Å². The molecule has 2 nitrogen and oxygen atoms in total. The molecule has 0 unspecified atom stereocenters. The summed E-state index contributed by atoms with van der Waals surface area (Å²) >= 11 is 0. The predicted molar refractivity (Wildman–Crippen MR) is 70.2 cm³/mol. The van der Waals surface area contributed by atoms with Gasteiger partial charge in [0.1, 0.15) is 5.75 Å². The van der Waals surface area contributed by atoms with Gasteiger partial charge in [0.05, 0.1) is 7.11 Å². The molecule has 0 radical (unpaired) electrons. The van der Waals surface area contributed by atoms with E-state index in [0.29, 0.717) is 6.42 Å². The Balaban J connectivity index is 2.10. The van der Waals surface area contributed by atoms with Gasteiger partial charge < -0.3 is 4.74 Å². The molecule has 0 bridgehead atoms. The molecule has 0 saturated heterocycles. The largest absolute Gasteiger partial charge is 0.497 e. The molecule has 2 aromatic rings. The molecule has 0 aromatic heterocycles. The average molecular weight is 238 g/mol. The van der Waals surface area contributed by atoms with E-state index in [1.165, 1.54) is 5.56 Å². The summed E-state index contributed by atoms with van der Waals surface area (Å²) in [6.07, 6.45) is 0.562. The average Bonchev–Trinajstić information content (AvgIpc) is 2.76. The molecule has 0 saturated carbocycles. The molecule has 0 N–H and O–H groups in total. The van der Waals surface area contributed by atoms with Crippen LogP contribution in [0.2, 0.25) is 0 Å². The van der Waals surface area contributed by atoms with Gasteiger partial charge in [-0.15, -0.1) is 0 Å². The van der Waals surface area contributed by atoms with E-state index in [1.807, 2.05) is 36.4 Å². The van der Waals surface area contributed by atoms with E-state index in [2.05, 4.69) is 12.1 Å². The number of fused-ring (bicyclic) bond motifs is 1. The third-order valence-corrected chi connectivity index (χ3v) is 3.53. The van der Waals surface area contributed by atoms with Gasteiger partial charge in [0.15, 0.2) is 5.78 Å². The Bertz CT molecular complexity index is 587. The third-order valence-electron chi connectivity index (χ3n) is 3.53. The van der Waals surface area contributed by atoms with E-state index in [4.69, 9.17) is 4.74 Å². The van der Waals surface area contributed by atoms with Crippen molar-refractivity contribution in [3.05, 3.63) is 65.2 Å². The van der Waals surface area contributed by atoms with Gasteiger partial charge in [-0.1, -0.05) is 30.3 Å². The summed E-state index contributed by atoms with van der Waals surface area (Å²) in [6, 6.07) is 15.9. The van der Waals surface area contributed by atoms with Gasteiger partial charge in [-0.3, -0.25) is 4.79 Å². The second-order valence-electron chi connectivity index (χ2n) is 4.54. The number of rotatable bonds is 2. The first-order valence-corrected chi connectivity index (χ1v) is 6.05. The molecule has 1 atom stereocenters. The monoisotopic (exact) mass is 238 g/mol. The molecule has 18 heavy (non-hydrogen) atoms. The van der Waals surface area contributed by atoms with Crippen molar-refractivity contribution in [2.45, 2.75) is 12.3 Å². The number of benzene rings is 2. The Morgan fingerprint density at radius 1 is 1.11 bits per heavy atom. The highest BCUT2D eigenvalue weighted by Crippen LogP contribution is 2.39. The molecule has 2 aromatic carbocycles. The van der Waals surface area contributed by atoms with E-state index < -0.39 is 0 Å². The maximum atomic E-state index is 12.0. The molecule has 0 fully saturated rings. The van der Waals surface area contributed by atoms with Gasteiger partial charge in [0, 0.05) is 17.9 Å². The van der Waals surface area contributed by atoms with Gasteiger partial charge >= 0.3 is 0 Å². The van der Waals surface area contributed by atoms with Crippen LogP contribution in [0.15, 0.2) is 48.5 Å². The summed E-state index contributed by atoms with van der Waals surface area (Å²) in [4.78, 5) is 12.0. The molecule has 3 rings (SSSR count). The first-order chi connectivity index (χ1) is 8.79. The number of methoxy groups -OCH3 is 1. The molecular weight excluding hydrogens is 224 g/mol. The molecule has 2 heteroatoms. The van der Waals surface area contributed by atoms with Crippen LogP contribution in [-0.4, -0.2) is 12.9 Å². The molecule has 0 amide bonds. The molecule has 1 aliphatic rings. The standard InChI is InChI=1S/C16H14O2/c1-18-12-7-8-13-15(9-12)14(10-16(13)17)11-5-3-2-4-6-11/h2-9,14H,10H2,1H3/t14-/m0/s1. The highest BCUT2D eigenvalue weighted by atomic mass is 16.5. The zero-order valence-corrected chi connectivity index (χ0v) is 10.2. The van der Waals surface area contributed by atoms with E-state index in [0.717, 1.165) is 16.9 Å². The van der Waals surface area contributed by atoms with Crippen LogP contribution < -0.4 is 4.74 Å². The number of carbonyl (C=O) groups excluding carboxylic acids is 1. The molecular formula is C16H14O2. The summed E-state index contributed by atoms with van der Waals surface area (Å²) < 4.78 is 5.25. The molecule has 0 aliphatic heterocycles. The van der Waals surface area contributed by atoms with Crippen LogP contribution in [-0.2, 0) is 0 Å². The van der Waals surface area contributed by atoms with Crippen molar-refractivity contribution in [3.63, 3.8) is 0 Å². The summed E-state index contributed by atoms with van der Waals surface area (Å²) in [5, 5.41) is 0. The van der Waals surface area contributed by atoms with E-state index in [9.17, 15) is 4.79 Å². The van der Waals surface area contributed by atoms with Crippen molar-refractivity contribution < 1.29 is 9.53 Å². The van der Waals surface area contributed by atoms with E-state index >= 15 is 0 Å². The maximum Gasteiger partial charge on any atom is 0.164 e. The zero-order valence-electron chi connectivity index (χ0n) is 10.2. The smallest absolute Gasteiger partial charge is 0.164 e. The highest BCUT2D eigenvalue weighted by molar-refractivity contribution is 6.02. The topological polar surface area (TPSA) is 26.3 Å². The number of ketones is 1. The van der Waals surface area contributed by atoms with Crippen LogP contribution in [0.5, 0.6) is 5.75 Å². The zero-order chi connectivity index (χ0) is 12.5. The Morgan fingerprint density at radius 2 is 1.89 bits per heavy atom. The van der Waals surface area contributed by atoms with Crippen molar-refractivity contribution >= 4 is 5.78 Å². The van der Waals surface area contributed by atoms with Gasteiger partial charge in [0.2, 0.25) is 0 Å². The highest BCUT2D eigenvalue weighted by Gasteiger charge is 2.30. The summed E-state index contributed by atoms with van der Waals surface area (Å²) in [5.41, 5.74) is 3.12. The quantitative estimate of drug-likeness (QED) is 0.801. The summed E-state index contributed by atoms with van der Waals surface area (Å²) in [7, 11) is 1.65. The summed E-state index contributed by atoms with van der Waals surface area (Å²) in [5.74, 6) is 1.20. The predicted octanol–water partition coefficient (Wildman–Crippen LogP) is 3.41. The Kier molecular flexibility index (Phi) is 2.63. The number of carbonyl (C=O) groups is 1. The maximum absolute atomic E-state index is 12.0. The van der Waals surface area contributed by atoms with Gasteiger partial charge in [-0.2, -0.15) is 0 Å². The van der Waals surface area contributed by atoms with Crippen molar-refractivity contribution in [2.24, 2.45) is 0 Å². The molecule has 1 aliphatic carbocycles. The fourth-order valence-corrected chi connectivity index (χ4v) is 2.60. The lowest BCUT2D eigenvalue weighted by Crippen LogP contribution is -1.96. The second-order valence-corrected chi connectivity index (χ2v) is 4.54. The Hall–Kier alpha value is -2.09. The minimum atomic E-state index is 0.170. The molecule has 0 spiro atoms. The van der Waals surface area contributed by atoms with Crippen molar-refractivity contribution in [1.82, 2.24) is 0 Å². The van der Waals surface area contributed by atoms with Crippen molar-refractivity contribution in [1.29, 1.82) is 0 Å². The first kappa shape index (κ1) is 11.0. The summed E-state index contributed by atoms with van der Waals surface area (Å²) in [6.45, 7) is 0. The normalized spacial score (nSPS) is 17.6. The van der Waals surface area contributed by atoms with Gasteiger partial charge in [-0.25, -0.2) is 0 Å². The van der Waals surface area contributed by atoms with Crippen LogP contribution in [0, 0.1) is 0 Å². The van der Waals surface area contributed by atoms with Crippen LogP contribution >= 0.6 is 0 Å². The van der Waals surface area contributed by atoms with Gasteiger partial charge in [0.25, 0.3) is 0 Å². The number of hydrogen-bond acceptors (Lipinski definition) is 2. The lowest BCUT2D eigenvalue weighted by molar-refractivity contribution is 0.0991. The van der Waals surface area contributed by atoms with Crippen LogP contribution in [0.25, 0.3) is 0 Å². The minimum absolute atomic E-state index is 0.170. The van der Waals surface area contributed by atoms with E-state index in [-0.39, 0.29) is 11.7 Å². The first-order valence-electron chi connectivity index (χ1n) is 6.05. The third kappa shape index (κ3) is 1.70. The fourth-order valence-electron chi connectivity index (χ4n) is 2.60. The van der Waals surface area contributed by atoms with Crippen LogP contribution in [0.4, 0.5) is 0 Å². The Labute approximate surface area is 106 Å². The second kappa shape index (κ2) is 4.30. The van der Waals surface area contributed by atoms with Crippen molar-refractivity contribution in [3.8, 4) is 5.75 Å². The minimum Gasteiger partial charge on any atom is -0.497 e. The molecule has 90 valence electrons. The van der Waals surface area contributed by atoms with E-state index in [1.54, 1.807) is 7.11 Å². The number of ether oxygens (including phenoxy) is 1. The molecule has 0 heterocycles.